The Morgan fingerprint density at radius 1 is 1.39 bits per heavy atom. The number of aryl methyl sites for hydroxylation is 1. The third-order valence-electron chi connectivity index (χ3n) is 2.28. The summed E-state index contributed by atoms with van der Waals surface area (Å²) in [7, 11) is -2.39. The Labute approximate surface area is 107 Å². The lowest BCUT2D eigenvalue weighted by Crippen LogP contribution is -2.42. The van der Waals surface area contributed by atoms with Crippen LogP contribution in [0.25, 0.3) is 0 Å². The zero-order valence-electron chi connectivity index (χ0n) is 10.8. The maximum absolute atomic E-state index is 12.2. The van der Waals surface area contributed by atoms with Crippen molar-refractivity contribution < 1.29 is 13.2 Å². The molecule has 0 radical (unpaired) electrons. The van der Waals surface area contributed by atoms with Gasteiger partial charge in [0.25, 0.3) is 0 Å². The molecule has 5 nitrogen and oxygen atoms in total. The normalized spacial score (nSPS) is 11.9. The maximum Gasteiger partial charge on any atom is 0.245 e. The van der Waals surface area contributed by atoms with Gasteiger partial charge in [0.15, 0.2) is 0 Å². The number of methoxy groups -OCH3 is 1. The summed E-state index contributed by atoms with van der Waals surface area (Å²) >= 11 is 0. The molecule has 1 rings (SSSR count). The van der Waals surface area contributed by atoms with Crippen molar-refractivity contribution in [2.24, 2.45) is 0 Å². The molecule has 0 bridgehead atoms. The minimum absolute atomic E-state index is 0.0355. The molecule has 1 aromatic carbocycles. The van der Waals surface area contributed by atoms with Crippen LogP contribution in [-0.2, 0) is 10.0 Å². The summed E-state index contributed by atoms with van der Waals surface area (Å²) in [6, 6.07) is 6.74. The molecule has 0 spiro atoms. The van der Waals surface area contributed by atoms with Gasteiger partial charge in [0.1, 0.15) is 16.2 Å². The summed E-state index contributed by atoms with van der Waals surface area (Å²) in [5.74, 6) is 0.252. The van der Waals surface area contributed by atoms with E-state index >= 15 is 0 Å². The number of hydrogen-bond donors (Lipinski definition) is 1. The number of nitrogens with zero attached hydrogens (tertiary/aromatic N) is 1. The van der Waals surface area contributed by atoms with Crippen LogP contribution < -0.4 is 9.46 Å². The zero-order valence-corrected chi connectivity index (χ0v) is 11.6. The summed E-state index contributed by atoms with van der Waals surface area (Å²) < 4.78 is 31.8. The molecule has 1 N–H and O–H groups in total. The van der Waals surface area contributed by atoms with Crippen LogP contribution >= 0.6 is 0 Å². The summed E-state index contributed by atoms with van der Waals surface area (Å²) in [6.45, 7) is 4.77. The van der Waals surface area contributed by atoms with E-state index in [-0.39, 0.29) is 10.6 Å². The molecule has 0 aliphatic heterocycles. The second-order valence-corrected chi connectivity index (χ2v) is 6.15. The van der Waals surface area contributed by atoms with E-state index in [1.165, 1.54) is 27.0 Å². The molecule has 1 aromatic rings. The highest BCUT2D eigenvalue weighted by atomic mass is 32.2. The van der Waals surface area contributed by atoms with Crippen molar-refractivity contribution >= 4 is 10.0 Å². The Morgan fingerprint density at radius 2 is 2.00 bits per heavy atom. The largest absolute Gasteiger partial charge is 0.495 e. The highest BCUT2D eigenvalue weighted by Gasteiger charge is 2.28. The third-order valence-corrected chi connectivity index (χ3v) is 3.95. The van der Waals surface area contributed by atoms with Crippen LogP contribution in [0.3, 0.4) is 0 Å². The van der Waals surface area contributed by atoms with Gasteiger partial charge in [-0.2, -0.15) is 9.98 Å². The molecule has 0 aliphatic rings. The number of ether oxygens (including phenoxy) is 1. The van der Waals surface area contributed by atoms with Crippen molar-refractivity contribution in [2.45, 2.75) is 31.2 Å². The predicted octanol–water partition coefficient (Wildman–Crippen LogP) is 1.58. The summed E-state index contributed by atoms with van der Waals surface area (Å²) in [5, 5.41) is 8.88. The Hall–Kier alpha value is -1.58. The minimum atomic E-state index is -3.79. The molecular formula is C12H16N2O3S. The number of nitrogens with one attached hydrogen (secondary N) is 1. The fourth-order valence-electron chi connectivity index (χ4n) is 1.41. The van der Waals surface area contributed by atoms with Gasteiger partial charge in [-0.25, -0.2) is 8.42 Å². The first-order valence-electron chi connectivity index (χ1n) is 5.32. The monoisotopic (exact) mass is 268 g/mol. The van der Waals surface area contributed by atoms with E-state index in [9.17, 15) is 8.42 Å². The number of nitriles is 1. The summed E-state index contributed by atoms with van der Waals surface area (Å²) in [6.07, 6.45) is 0. The van der Waals surface area contributed by atoms with Crippen LogP contribution in [0.4, 0.5) is 0 Å². The fraction of sp³-hybridized carbons (Fsp3) is 0.417. The topological polar surface area (TPSA) is 79.2 Å². The average molecular weight is 268 g/mol. The first-order chi connectivity index (χ1) is 8.22. The molecule has 0 amide bonds. The van der Waals surface area contributed by atoms with E-state index in [1.807, 2.05) is 6.07 Å². The summed E-state index contributed by atoms with van der Waals surface area (Å²) in [5.41, 5.74) is -0.376. The van der Waals surface area contributed by atoms with Crippen molar-refractivity contribution in [3.63, 3.8) is 0 Å². The van der Waals surface area contributed by atoms with Gasteiger partial charge < -0.3 is 4.74 Å². The van der Waals surface area contributed by atoms with Gasteiger partial charge in [-0.3, -0.25) is 0 Å². The van der Waals surface area contributed by atoms with Gasteiger partial charge in [0.2, 0.25) is 10.0 Å². The van der Waals surface area contributed by atoms with Gasteiger partial charge in [-0.05, 0) is 38.5 Å². The summed E-state index contributed by atoms with van der Waals surface area (Å²) in [4.78, 5) is 0.0355. The molecule has 18 heavy (non-hydrogen) atoms. The fourth-order valence-corrected chi connectivity index (χ4v) is 2.99. The Bertz CT molecular complexity index is 586. The van der Waals surface area contributed by atoms with Crippen molar-refractivity contribution in [1.82, 2.24) is 4.72 Å². The van der Waals surface area contributed by atoms with E-state index < -0.39 is 15.6 Å². The standard InChI is InChI=1S/C12H16N2O3S/c1-9-5-6-10(17-4)11(7-9)18(15,16)14-12(2,3)8-13/h5-7,14H,1-4H3. The van der Waals surface area contributed by atoms with Gasteiger partial charge in [0.05, 0.1) is 13.2 Å². The van der Waals surface area contributed by atoms with Crippen molar-refractivity contribution in [3.8, 4) is 11.8 Å². The van der Waals surface area contributed by atoms with Crippen molar-refractivity contribution in [3.05, 3.63) is 23.8 Å². The van der Waals surface area contributed by atoms with Crippen molar-refractivity contribution in [1.29, 1.82) is 5.26 Å². The quantitative estimate of drug-likeness (QED) is 0.899. The molecule has 0 aliphatic carbocycles. The number of sulfonamides is 1. The van der Waals surface area contributed by atoms with Crippen LogP contribution in [0.2, 0.25) is 0 Å². The molecule has 0 saturated heterocycles. The first kappa shape index (κ1) is 14.5. The smallest absolute Gasteiger partial charge is 0.245 e. The molecule has 0 unspecified atom stereocenters. The predicted molar refractivity (Wildman–Crippen MR) is 67.7 cm³/mol. The van der Waals surface area contributed by atoms with E-state index in [1.54, 1.807) is 19.1 Å². The van der Waals surface area contributed by atoms with Crippen LogP contribution in [-0.4, -0.2) is 21.1 Å². The third kappa shape index (κ3) is 3.22. The van der Waals surface area contributed by atoms with E-state index in [0.29, 0.717) is 0 Å². The molecule has 0 saturated carbocycles. The molecule has 0 fully saturated rings. The SMILES string of the molecule is COc1ccc(C)cc1S(=O)(=O)NC(C)(C)C#N. The Morgan fingerprint density at radius 3 is 2.50 bits per heavy atom. The van der Waals surface area contributed by atoms with Gasteiger partial charge in [-0.1, -0.05) is 6.07 Å². The lowest BCUT2D eigenvalue weighted by Gasteiger charge is -2.19. The lowest BCUT2D eigenvalue weighted by molar-refractivity contribution is 0.401. The maximum atomic E-state index is 12.2. The molecule has 0 heterocycles. The van der Waals surface area contributed by atoms with Crippen LogP contribution in [0, 0.1) is 18.3 Å². The molecular weight excluding hydrogens is 252 g/mol. The number of hydrogen-bond acceptors (Lipinski definition) is 4. The van der Waals surface area contributed by atoms with Crippen LogP contribution in [0.5, 0.6) is 5.75 Å². The first-order valence-corrected chi connectivity index (χ1v) is 6.80. The van der Waals surface area contributed by atoms with Crippen LogP contribution in [0.1, 0.15) is 19.4 Å². The van der Waals surface area contributed by atoms with Crippen LogP contribution in [0.15, 0.2) is 23.1 Å². The highest BCUT2D eigenvalue weighted by Crippen LogP contribution is 2.25. The Kier molecular flexibility index (Phi) is 3.99. The molecule has 0 atom stereocenters. The highest BCUT2D eigenvalue weighted by molar-refractivity contribution is 7.89. The van der Waals surface area contributed by atoms with Gasteiger partial charge in [0, 0.05) is 0 Å². The second-order valence-electron chi connectivity index (χ2n) is 4.50. The van der Waals surface area contributed by atoms with Crippen molar-refractivity contribution in [2.75, 3.05) is 7.11 Å². The van der Waals surface area contributed by atoms with Gasteiger partial charge in [-0.15, -0.1) is 0 Å². The lowest BCUT2D eigenvalue weighted by atomic mass is 10.1. The molecule has 98 valence electrons. The van der Waals surface area contributed by atoms with Gasteiger partial charge >= 0.3 is 0 Å². The minimum Gasteiger partial charge on any atom is -0.495 e. The average Bonchev–Trinajstić information content (AvgIpc) is 2.28. The Balaban J connectivity index is 3.29. The molecule has 6 heteroatoms. The molecule has 0 aromatic heterocycles. The van der Waals surface area contributed by atoms with E-state index in [2.05, 4.69) is 4.72 Å². The zero-order chi connectivity index (χ0) is 14.0. The van der Waals surface area contributed by atoms with E-state index in [0.717, 1.165) is 5.56 Å². The number of rotatable bonds is 4. The van der Waals surface area contributed by atoms with E-state index in [4.69, 9.17) is 10.00 Å². The second kappa shape index (κ2) is 4.96. The number of benzene rings is 1.